The van der Waals surface area contributed by atoms with E-state index in [1.54, 1.807) is 48.5 Å². The molecule has 248 valence electrons. The first kappa shape index (κ1) is 35.3. The minimum Gasteiger partial charge on any atom is -0.497 e. The molecule has 0 spiro atoms. The van der Waals surface area contributed by atoms with E-state index in [1.165, 1.54) is 43.4 Å². The molecule has 47 heavy (non-hydrogen) atoms. The second-order valence-corrected chi connectivity index (χ2v) is 13.3. The number of nitrogens with one attached hydrogen (secondary N) is 1. The lowest BCUT2D eigenvalue weighted by atomic mass is 10.0. The van der Waals surface area contributed by atoms with Gasteiger partial charge in [0.25, 0.3) is 10.0 Å². The largest absolute Gasteiger partial charge is 0.497 e. The van der Waals surface area contributed by atoms with Crippen molar-refractivity contribution in [1.29, 1.82) is 0 Å². The number of carbonyl (C=O) groups is 2. The summed E-state index contributed by atoms with van der Waals surface area (Å²) >= 11 is 6.16. The number of para-hydroxylation sites is 2. The quantitative estimate of drug-likeness (QED) is 0.163. The van der Waals surface area contributed by atoms with E-state index in [2.05, 4.69) is 5.32 Å². The zero-order chi connectivity index (χ0) is 34.0. The van der Waals surface area contributed by atoms with Crippen LogP contribution in [0.25, 0.3) is 0 Å². The van der Waals surface area contributed by atoms with Crippen LogP contribution in [0, 0.1) is 0 Å². The molecule has 0 unspecified atom stereocenters. The van der Waals surface area contributed by atoms with E-state index in [-0.39, 0.29) is 41.2 Å². The number of anilines is 1. The Morgan fingerprint density at radius 3 is 2.09 bits per heavy atom. The van der Waals surface area contributed by atoms with Gasteiger partial charge in [-0.2, -0.15) is 0 Å². The van der Waals surface area contributed by atoms with Crippen molar-refractivity contribution in [2.45, 2.75) is 50.2 Å². The van der Waals surface area contributed by atoms with Crippen molar-refractivity contribution in [2.75, 3.05) is 25.1 Å². The average Bonchev–Trinajstić information content (AvgIpc) is 3.09. The highest BCUT2D eigenvalue weighted by atomic mass is 35.5. The first-order valence-corrected chi connectivity index (χ1v) is 17.1. The first-order valence-electron chi connectivity index (χ1n) is 15.2. The molecule has 4 aromatic carbocycles. The Kier molecular flexibility index (Phi) is 12.3. The van der Waals surface area contributed by atoms with Gasteiger partial charge in [0.2, 0.25) is 11.8 Å². The summed E-state index contributed by atoms with van der Waals surface area (Å²) in [4.78, 5) is 30.0. The maximum atomic E-state index is 14.6. The fourth-order valence-corrected chi connectivity index (χ4v) is 6.56. The lowest BCUT2D eigenvalue weighted by molar-refractivity contribution is -0.140. The standard InChI is InChI=1S/C36H40ClN3O6S/c1-5-26(2)38-36(42)33(23-27-11-7-6-8-12-27)39(24-28-15-17-29(37)18-16-28)35(41)25-40(32-13-9-10-14-34(32)46-4)47(43,44)31-21-19-30(45-3)20-22-31/h6-22,26,33H,5,23-25H2,1-4H3,(H,38,42)/t26-,33-/m0/s1. The van der Waals surface area contributed by atoms with E-state index >= 15 is 0 Å². The van der Waals surface area contributed by atoms with Crippen LogP contribution in [0.4, 0.5) is 5.69 Å². The molecule has 0 aliphatic rings. The van der Waals surface area contributed by atoms with Crippen molar-refractivity contribution < 1.29 is 27.5 Å². The van der Waals surface area contributed by atoms with Gasteiger partial charge >= 0.3 is 0 Å². The Labute approximate surface area is 282 Å². The topological polar surface area (TPSA) is 105 Å². The summed E-state index contributed by atoms with van der Waals surface area (Å²) in [5.41, 5.74) is 1.74. The van der Waals surface area contributed by atoms with Gasteiger partial charge in [0, 0.05) is 24.0 Å². The van der Waals surface area contributed by atoms with Crippen LogP contribution in [0.5, 0.6) is 11.5 Å². The normalized spacial score (nSPS) is 12.4. The Morgan fingerprint density at radius 2 is 1.47 bits per heavy atom. The van der Waals surface area contributed by atoms with Gasteiger partial charge in [-0.1, -0.05) is 73.1 Å². The van der Waals surface area contributed by atoms with Crippen LogP contribution in [0.2, 0.25) is 5.02 Å². The monoisotopic (exact) mass is 677 g/mol. The number of halogens is 1. The van der Waals surface area contributed by atoms with Gasteiger partial charge in [-0.3, -0.25) is 13.9 Å². The molecule has 0 aliphatic heterocycles. The van der Waals surface area contributed by atoms with Crippen molar-refractivity contribution >= 4 is 39.1 Å². The summed E-state index contributed by atoms with van der Waals surface area (Å²) in [6, 6.07) is 27.8. The fraction of sp³-hybridized carbons (Fsp3) is 0.278. The van der Waals surface area contributed by atoms with Gasteiger partial charge in [0.1, 0.15) is 24.1 Å². The molecule has 9 nitrogen and oxygen atoms in total. The molecule has 0 saturated heterocycles. The van der Waals surface area contributed by atoms with Crippen LogP contribution in [-0.4, -0.2) is 58.0 Å². The van der Waals surface area contributed by atoms with Gasteiger partial charge < -0.3 is 19.7 Å². The Hall–Kier alpha value is -4.54. The molecule has 0 fully saturated rings. The van der Waals surface area contributed by atoms with E-state index < -0.39 is 28.5 Å². The predicted molar refractivity (Wildman–Crippen MR) is 184 cm³/mol. The van der Waals surface area contributed by atoms with E-state index in [1.807, 2.05) is 44.2 Å². The summed E-state index contributed by atoms with van der Waals surface area (Å²) in [7, 11) is -1.39. The van der Waals surface area contributed by atoms with Crippen LogP contribution in [-0.2, 0) is 32.6 Å². The third-order valence-electron chi connectivity index (χ3n) is 7.82. The smallest absolute Gasteiger partial charge is 0.264 e. The van der Waals surface area contributed by atoms with E-state index in [0.717, 1.165) is 15.4 Å². The van der Waals surface area contributed by atoms with Crippen LogP contribution < -0.4 is 19.1 Å². The van der Waals surface area contributed by atoms with Gasteiger partial charge in [0.05, 0.1) is 24.8 Å². The van der Waals surface area contributed by atoms with Crippen molar-refractivity contribution in [2.24, 2.45) is 0 Å². The summed E-state index contributed by atoms with van der Waals surface area (Å²) < 4.78 is 40.4. The van der Waals surface area contributed by atoms with Crippen LogP contribution in [0.1, 0.15) is 31.4 Å². The number of rotatable bonds is 15. The maximum absolute atomic E-state index is 14.6. The lowest BCUT2D eigenvalue weighted by Gasteiger charge is -2.34. The number of benzene rings is 4. The van der Waals surface area contributed by atoms with E-state index in [4.69, 9.17) is 21.1 Å². The lowest BCUT2D eigenvalue weighted by Crippen LogP contribution is -2.54. The van der Waals surface area contributed by atoms with Gasteiger partial charge in [-0.05, 0) is 73.0 Å². The zero-order valence-corrected chi connectivity index (χ0v) is 28.5. The first-order chi connectivity index (χ1) is 22.6. The molecule has 2 amide bonds. The Morgan fingerprint density at radius 1 is 0.830 bits per heavy atom. The minimum atomic E-state index is -4.31. The number of nitrogens with zero attached hydrogens (tertiary/aromatic N) is 2. The summed E-state index contributed by atoms with van der Waals surface area (Å²) in [5.74, 6) is -0.179. The average molecular weight is 678 g/mol. The molecule has 0 aromatic heterocycles. The zero-order valence-electron chi connectivity index (χ0n) is 26.9. The second-order valence-electron chi connectivity index (χ2n) is 11.0. The summed E-state index contributed by atoms with van der Waals surface area (Å²) in [5, 5.41) is 3.56. The molecule has 4 rings (SSSR count). The highest BCUT2D eigenvalue weighted by Gasteiger charge is 2.35. The molecule has 1 N–H and O–H groups in total. The predicted octanol–water partition coefficient (Wildman–Crippen LogP) is 6.11. The molecule has 0 heterocycles. The fourth-order valence-electron chi connectivity index (χ4n) is 5.01. The number of hydrogen-bond donors (Lipinski definition) is 1. The van der Waals surface area contributed by atoms with Crippen LogP contribution in [0.3, 0.4) is 0 Å². The van der Waals surface area contributed by atoms with Crippen LogP contribution in [0.15, 0.2) is 108 Å². The summed E-state index contributed by atoms with van der Waals surface area (Å²) in [6.45, 7) is 3.28. The van der Waals surface area contributed by atoms with E-state index in [9.17, 15) is 18.0 Å². The summed E-state index contributed by atoms with van der Waals surface area (Å²) in [6.07, 6.45) is 0.902. The highest BCUT2D eigenvalue weighted by molar-refractivity contribution is 7.92. The Balaban J connectivity index is 1.83. The Bertz CT molecular complexity index is 1740. The van der Waals surface area contributed by atoms with Crippen molar-refractivity contribution in [3.8, 4) is 11.5 Å². The molecule has 2 atom stereocenters. The SMILES string of the molecule is CC[C@H](C)NC(=O)[C@H](Cc1ccccc1)N(Cc1ccc(Cl)cc1)C(=O)CN(c1ccccc1OC)S(=O)(=O)c1ccc(OC)cc1. The molecule has 11 heteroatoms. The number of methoxy groups -OCH3 is 2. The van der Waals surface area contributed by atoms with Crippen molar-refractivity contribution in [3.63, 3.8) is 0 Å². The van der Waals surface area contributed by atoms with Gasteiger partial charge in [-0.25, -0.2) is 8.42 Å². The third-order valence-corrected chi connectivity index (χ3v) is 9.84. The molecule has 0 bridgehead atoms. The van der Waals surface area contributed by atoms with Gasteiger partial charge in [-0.15, -0.1) is 0 Å². The number of hydrogen-bond acceptors (Lipinski definition) is 6. The van der Waals surface area contributed by atoms with Crippen LogP contribution >= 0.6 is 11.6 Å². The molecule has 0 aliphatic carbocycles. The van der Waals surface area contributed by atoms with Crippen molar-refractivity contribution in [3.05, 3.63) is 119 Å². The second kappa shape index (κ2) is 16.3. The minimum absolute atomic E-state index is 0.0315. The molecule has 4 aromatic rings. The van der Waals surface area contributed by atoms with E-state index in [0.29, 0.717) is 17.2 Å². The van der Waals surface area contributed by atoms with Gasteiger partial charge in [0.15, 0.2) is 0 Å². The molecule has 0 saturated carbocycles. The van der Waals surface area contributed by atoms with Crippen molar-refractivity contribution in [1.82, 2.24) is 10.2 Å². The molecular weight excluding hydrogens is 638 g/mol. The molecule has 0 radical (unpaired) electrons. The highest BCUT2D eigenvalue weighted by Crippen LogP contribution is 2.33. The number of sulfonamides is 1. The number of carbonyl (C=O) groups excluding carboxylic acids is 2. The molecular formula is C36H40ClN3O6S. The number of amides is 2. The third kappa shape index (κ3) is 9.05. The maximum Gasteiger partial charge on any atom is 0.264 e. The number of ether oxygens (including phenoxy) is 2.